The van der Waals surface area contributed by atoms with Crippen LogP contribution in [0.2, 0.25) is 5.02 Å². The molecule has 1 atom stereocenters. The van der Waals surface area contributed by atoms with E-state index in [0.717, 1.165) is 32.1 Å². The van der Waals surface area contributed by atoms with Crippen LogP contribution in [0.15, 0.2) is 48.5 Å². The van der Waals surface area contributed by atoms with E-state index in [1.54, 1.807) is 24.3 Å². The van der Waals surface area contributed by atoms with E-state index in [2.05, 4.69) is 6.92 Å². The Bertz CT molecular complexity index is 871. The molecule has 1 aliphatic rings. The van der Waals surface area contributed by atoms with Gasteiger partial charge in [0.25, 0.3) is 0 Å². The van der Waals surface area contributed by atoms with Crippen LogP contribution in [0, 0.1) is 0 Å². The average Bonchev–Trinajstić information content (AvgIpc) is 2.87. The molecule has 0 saturated heterocycles. The molecule has 2 N–H and O–H groups in total. The van der Waals surface area contributed by atoms with Crippen molar-refractivity contribution in [1.82, 2.24) is 0 Å². The van der Waals surface area contributed by atoms with Crippen molar-refractivity contribution in [2.75, 3.05) is 15.2 Å². The van der Waals surface area contributed by atoms with Crippen LogP contribution >= 0.6 is 11.6 Å². The summed E-state index contributed by atoms with van der Waals surface area (Å²) in [4.78, 5) is 0. The molecule has 5 nitrogen and oxygen atoms in total. The summed E-state index contributed by atoms with van der Waals surface area (Å²) in [6.07, 6.45) is 4.76. The van der Waals surface area contributed by atoms with Crippen molar-refractivity contribution in [3.05, 3.63) is 53.6 Å². The normalized spacial score (nSPS) is 16.4. The van der Waals surface area contributed by atoms with Crippen LogP contribution < -0.4 is 14.3 Å². The number of hydrogen-bond acceptors (Lipinski definition) is 3. The molecule has 0 amide bonds. The molecule has 0 bridgehead atoms. The van der Waals surface area contributed by atoms with Crippen LogP contribution in [0.3, 0.4) is 0 Å². The summed E-state index contributed by atoms with van der Waals surface area (Å²) in [5.41, 5.74) is 8.09. The van der Waals surface area contributed by atoms with Crippen LogP contribution in [0.5, 0.6) is 0 Å². The maximum absolute atomic E-state index is 13.3. The summed E-state index contributed by atoms with van der Waals surface area (Å²) in [5.74, 6) is 0. The molecule has 0 radical (unpaired) electrons. The van der Waals surface area contributed by atoms with E-state index in [4.69, 9.17) is 17.3 Å². The van der Waals surface area contributed by atoms with E-state index < -0.39 is 10.2 Å². The molecule has 0 fully saturated rings. The van der Waals surface area contributed by atoms with Gasteiger partial charge in [0.05, 0.1) is 17.1 Å². The van der Waals surface area contributed by atoms with E-state index in [9.17, 15) is 8.42 Å². The van der Waals surface area contributed by atoms with Gasteiger partial charge in [-0.1, -0.05) is 43.5 Å². The van der Waals surface area contributed by atoms with Gasteiger partial charge in [-0.15, -0.1) is 0 Å². The lowest BCUT2D eigenvalue weighted by molar-refractivity contribution is 0.524. The Morgan fingerprint density at radius 1 is 1.00 bits per heavy atom. The van der Waals surface area contributed by atoms with Crippen molar-refractivity contribution in [2.24, 2.45) is 5.73 Å². The third-order valence-electron chi connectivity index (χ3n) is 4.80. The van der Waals surface area contributed by atoms with Crippen LogP contribution in [-0.4, -0.2) is 21.0 Å². The first kappa shape index (κ1) is 20.0. The number of nitrogens with two attached hydrogens (primary N) is 1. The number of halogens is 1. The summed E-state index contributed by atoms with van der Waals surface area (Å²) in [7, 11) is -3.69. The van der Waals surface area contributed by atoms with Crippen LogP contribution in [0.4, 0.5) is 17.1 Å². The first-order chi connectivity index (χ1) is 12.9. The quantitative estimate of drug-likeness (QED) is 0.680. The van der Waals surface area contributed by atoms with Crippen molar-refractivity contribution in [1.29, 1.82) is 0 Å². The lowest BCUT2D eigenvalue weighted by Gasteiger charge is -2.22. The van der Waals surface area contributed by atoms with Crippen molar-refractivity contribution in [2.45, 2.75) is 45.1 Å². The summed E-state index contributed by atoms with van der Waals surface area (Å²) >= 11 is 5.96. The van der Waals surface area contributed by atoms with Gasteiger partial charge in [0.2, 0.25) is 0 Å². The molecule has 1 unspecified atom stereocenters. The summed E-state index contributed by atoms with van der Waals surface area (Å²) < 4.78 is 29.4. The number of hydrogen-bond donors (Lipinski definition) is 1. The number of fused-ring (bicyclic) bond motifs is 1. The molecule has 0 aliphatic carbocycles. The smallest absolute Gasteiger partial charge is 0.328 e. The molecule has 3 rings (SSSR count). The lowest BCUT2D eigenvalue weighted by Crippen LogP contribution is -2.36. The Kier molecular flexibility index (Phi) is 6.29. The maximum Gasteiger partial charge on any atom is 0.330 e. The Balaban J connectivity index is 1.82. The Hall–Kier alpha value is -1.76. The molecule has 2 aromatic carbocycles. The zero-order chi connectivity index (χ0) is 19.4. The molecule has 1 aliphatic heterocycles. The van der Waals surface area contributed by atoms with Crippen LogP contribution in [0.1, 0.15) is 39.0 Å². The van der Waals surface area contributed by atoms with E-state index >= 15 is 0 Å². The first-order valence-electron chi connectivity index (χ1n) is 9.38. The van der Waals surface area contributed by atoms with Crippen molar-refractivity contribution in [3.8, 4) is 0 Å². The fourth-order valence-corrected chi connectivity index (χ4v) is 5.26. The Labute approximate surface area is 166 Å². The highest BCUT2D eigenvalue weighted by molar-refractivity contribution is 7.95. The lowest BCUT2D eigenvalue weighted by atomic mass is 10.1. The molecule has 0 spiro atoms. The molecular formula is C20H26ClN3O2S. The summed E-state index contributed by atoms with van der Waals surface area (Å²) in [6.45, 7) is 2.56. The maximum atomic E-state index is 13.3. The molecule has 2 aromatic rings. The molecule has 1 heterocycles. The highest BCUT2D eigenvalue weighted by atomic mass is 35.5. The van der Waals surface area contributed by atoms with Gasteiger partial charge < -0.3 is 5.73 Å². The topological polar surface area (TPSA) is 66.6 Å². The highest BCUT2D eigenvalue weighted by Crippen LogP contribution is 2.45. The standard InChI is InChI=1S/C20H26ClN3O2S/c1-2-3-7-17(22)8-6-15-23-19-9-4-5-10-20(19)24(27(23,25)26)18-13-11-16(21)12-14-18/h4-5,9-14,17H,2-3,6-8,15,22H2,1H3. The van der Waals surface area contributed by atoms with Gasteiger partial charge in [-0.3, -0.25) is 4.31 Å². The fourth-order valence-electron chi connectivity index (χ4n) is 3.39. The predicted molar refractivity (Wildman–Crippen MR) is 113 cm³/mol. The van der Waals surface area contributed by atoms with Gasteiger partial charge in [0.15, 0.2) is 0 Å². The summed E-state index contributed by atoms with van der Waals surface area (Å²) in [6, 6.07) is 14.4. The van der Waals surface area contributed by atoms with E-state index in [1.165, 1.54) is 8.61 Å². The Morgan fingerprint density at radius 2 is 1.63 bits per heavy atom. The van der Waals surface area contributed by atoms with Crippen LogP contribution in [-0.2, 0) is 10.2 Å². The van der Waals surface area contributed by atoms with Crippen molar-refractivity contribution in [3.63, 3.8) is 0 Å². The van der Waals surface area contributed by atoms with Gasteiger partial charge in [-0.25, -0.2) is 4.31 Å². The number of nitrogens with zero attached hydrogens (tertiary/aromatic N) is 2. The van der Waals surface area contributed by atoms with Crippen molar-refractivity contribution >= 4 is 38.9 Å². The number of unbranched alkanes of at least 4 members (excludes halogenated alkanes) is 1. The number of benzene rings is 2. The van der Waals surface area contributed by atoms with Gasteiger partial charge in [-0.2, -0.15) is 8.42 Å². The van der Waals surface area contributed by atoms with E-state index in [1.807, 2.05) is 24.3 Å². The zero-order valence-corrected chi connectivity index (χ0v) is 17.1. The molecule has 0 saturated carbocycles. The Morgan fingerprint density at radius 3 is 2.30 bits per heavy atom. The largest absolute Gasteiger partial charge is 0.330 e. The third kappa shape index (κ3) is 4.23. The molecular weight excluding hydrogens is 382 g/mol. The minimum absolute atomic E-state index is 0.123. The zero-order valence-electron chi connectivity index (χ0n) is 15.5. The van der Waals surface area contributed by atoms with Gasteiger partial charge in [0.1, 0.15) is 0 Å². The van der Waals surface area contributed by atoms with Crippen molar-refractivity contribution < 1.29 is 8.42 Å². The van der Waals surface area contributed by atoms with Crippen LogP contribution in [0.25, 0.3) is 0 Å². The highest BCUT2D eigenvalue weighted by Gasteiger charge is 2.40. The van der Waals surface area contributed by atoms with E-state index in [0.29, 0.717) is 28.6 Å². The predicted octanol–water partition coefficient (Wildman–Crippen LogP) is 4.84. The molecule has 0 aromatic heterocycles. The average molecular weight is 408 g/mol. The number of rotatable bonds is 8. The number of anilines is 3. The second-order valence-corrected chi connectivity index (χ2v) is 8.99. The van der Waals surface area contributed by atoms with Gasteiger partial charge in [-0.05, 0) is 55.7 Å². The number of para-hydroxylation sites is 2. The minimum Gasteiger partial charge on any atom is -0.328 e. The first-order valence-corrected chi connectivity index (χ1v) is 11.2. The monoisotopic (exact) mass is 407 g/mol. The molecule has 146 valence electrons. The second kappa shape index (κ2) is 8.50. The molecule has 7 heteroatoms. The fraction of sp³-hybridized carbons (Fsp3) is 0.400. The minimum atomic E-state index is -3.69. The SMILES string of the molecule is CCCCC(N)CCCN1c2ccccc2N(c2ccc(Cl)cc2)S1(=O)=O. The summed E-state index contributed by atoms with van der Waals surface area (Å²) in [5, 5.41) is 0.571. The third-order valence-corrected chi connectivity index (χ3v) is 6.86. The van der Waals surface area contributed by atoms with Gasteiger partial charge in [0, 0.05) is 17.6 Å². The van der Waals surface area contributed by atoms with Gasteiger partial charge >= 0.3 is 10.2 Å². The molecule has 27 heavy (non-hydrogen) atoms. The van der Waals surface area contributed by atoms with E-state index in [-0.39, 0.29) is 6.04 Å². The second-order valence-electron chi connectivity index (χ2n) is 6.85.